The highest BCUT2D eigenvalue weighted by atomic mass is 19.4. The summed E-state index contributed by atoms with van der Waals surface area (Å²) in [5.41, 5.74) is 1.16. The van der Waals surface area contributed by atoms with E-state index in [9.17, 15) is 17.6 Å². The first-order valence-electron chi connectivity index (χ1n) is 13.4. The molecule has 41 heavy (non-hydrogen) atoms. The topological polar surface area (TPSA) is 116 Å². The van der Waals surface area contributed by atoms with E-state index in [0.717, 1.165) is 25.8 Å². The van der Waals surface area contributed by atoms with Crippen molar-refractivity contribution in [2.75, 3.05) is 50.5 Å². The van der Waals surface area contributed by atoms with Crippen molar-refractivity contribution < 1.29 is 36.2 Å². The Morgan fingerprint density at radius 3 is 2.54 bits per heavy atom. The van der Waals surface area contributed by atoms with E-state index in [1.165, 1.54) is 0 Å². The summed E-state index contributed by atoms with van der Waals surface area (Å²) in [5.74, 6) is -2.25. The minimum Gasteiger partial charge on any atom is -0.474 e. The van der Waals surface area contributed by atoms with Gasteiger partial charge < -0.3 is 30.6 Å². The molecule has 0 aliphatic carbocycles. The zero-order valence-corrected chi connectivity index (χ0v) is 22.6. The molecule has 9 nitrogen and oxygen atoms in total. The fourth-order valence-corrected chi connectivity index (χ4v) is 5.00. The molecule has 1 atom stereocenters. The first-order valence-corrected chi connectivity index (χ1v) is 13.4. The van der Waals surface area contributed by atoms with Crippen LogP contribution in [-0.4, -0.2) is 60.5 Å². The summed E-state index contributed by atoms with van der Waals surface area (Å²) < 4.78 is 90.8. The molecule has 5 rings (SSSR count). The Hall–Kier alpha value is -3.52. The number of nitrogens with two attached hydrogens (primary N) is 1. The van der Waals surface area contributed by atoms with Crippen molar-refractivity contribution in [2.45, 2.75) is 45.4 Å². The minimum atomic E-state index is -5.04. The summed E-state index contributed by atoms with van der Waals surface area (Å²) in [7, 11) is 0. The second-order valence-corrected chi connectivity index (χ2v) is 10.2. The molecule has 4 heterocycles. The SMILES string of the molecule is Cc1c(F)c(N)cc(-c2nc3c4c(nc(OCC5CCOCC5)nc4c2F)NCCNCC[C@H](C)O3)c1C(F)(F)F. The van der Waals surface area contributed by atoms with Crippen molar-refractivity contribution in [2.24, 2.45) is 5.92 Å². The molecule has 222 valence electrons. The highest BCUT2D eigenvalue weighted by molar-refractivity contribution is 5.96. The maximum absolute atomic E-state index is 16.4. The number of nitrogens with zero attached hydrogens (tertiary/aromatic N) is 3. The Labute approximate surface area is 233 Å². The molecule has 1 aromatic carbocycles. The van der Waals surface area contributed by atoms with E-state index in [4.69, 9.17) is 19.9 Å². The van der Waals surface area contributed by atoms with Crippen molar-refractivity contribution in [3.8, 4) is 23.1 Å². The van der Waals surface area contributed by atoms with Crippen LogP contribution in [0.15, 0.2) is 6.07 Å². The number of ether oxygens (including phenoxy) is 3. The molecule has 0 saturated carbocycles. The molecule has 2 aliphatic rings. The quantitative estimate of drug-likeness (QED) is 0.293. The lowest BCUT2D eigenvalue weighted by atomic mass is 9.96. The Bertz CT molecular complexity index is 1430. The third kappa shape index (κ3) is 6.08. The normalized spacial score (nSPS) is 18.9. The zero-order chi connectivity index (χ0) is 29.3. The van der Waals surface area contributed by atoms with Crippen LogP contribution in [0, 0.1) is 24.5 Å². The third-order valence-electron chi connectivity index (χ3n) is 7.22. The maximum atomic E-state index is 16.4. The van der Waals surface area contributed by atoms with Crippen molar-refractivity contribution in [3.63, 3.8) is 0 Å². The van der Waals surface area contributed by atoms with E-state index in [0.29, 0.717) is 39.3 Å². The van der Waals surface area contributed by atoms with Gasteiger partial charge in [-0.3, -0.25) is 0 Å². The van der Waals surface area contributed by atoms with Gasteiger partial charge in [-0.2, -0.15) is 23.1 Å². The number of nitrogen functional groups attached to an aromatic ring is 1. The molecule has 3 aromatic rings. The number of halogens is 5. The highest BCUT2D eigenvalue weighted by Crippen LogP contribution is 2.44. The summed E-state index contributed by atoms with van der Waals surface area (Å²) in [4.78, 5) is 12.9. The molecule has 0 spiro atoms. The van der Waals surface area contributed by atoms with E-state index in [1.54, 1.807) is 6.92 Å². The molecular weight excluding hydrogens is 551 g/mol. The lowest BCUT2D eigenvalue weighted by molar-refractivity contribution is -0.137. The van der Waals surface area contributed by atoms with Gasteiger partial charge in [-0.1, -0.05) is 0 Å². The van der Waals surface area contributed by atoms with E-state index in [-0.39, 0.29) is 41.1 Å². The molecule has 0 radical (unpaired) electrons. The summed E-state index contributed by atoms with van der Waals surface area (Å²) in [6.45, 7) is 5.68. The first-order chi connectivity index (χ1) is 19.5. The maximum Gasteiger partial charge on any atom is 0.417 e. The van der Waals surface area contributed by atoms with Crippen LogP contribution in [0.1, 0.15) is 37.3 Å². The van der Waals surface area contributed by atoms with Crippen LogP contribution in [0.25, 0.3) is 22.2 Å². The summed E-state index contributed by atoms with van der Waals surface area (Å²) in [6.07, 6.45) is -3.40. The van der Waals surface area contributed by atoms with Crippen molar-refractivity contribution in [3.05, 3.63) is 28.8 Å². The van der Waals surface area contributed by atoms with Gasteiger partial charge in [0.25, 0.3) is 0 Å². The van der Waals surface area contributed by atoms with Gasteiger partial charge in [0.15, 0.2) is 5.82 Å². The fourth-order valence-electron chi connectivity index (χ4n) is 5.00. The minimum absolute atomic E-state index is 0.0544. The summed E-state index contributed by atoms with van der Waals surface area (Å²) >= 11 is 0. The van der Waals surface area contributed by atoms with Crippen LogP contribution in [0.4, 0.5) is 33.5 Å². The van der Waals surface area contributed by atoms with E-state index in [2.05, 4.69) is 25.6 Å². The number of rotatable bonds is 4. The molecule has 0 bridgehead atoms. The molecule has 1 fully saturated rings. The fraction of sp³-hybridized carbons (Fsp3) is 0.519. The summed E-state index contributed by atoms with van der Waals surface area (Å²) in [6, 6.07) is 0.576. The van der Waals surface area contributed by atoms with E-state index in [1.807, 2.05) is 0 Å². The Balaban J connectivity index is 1.73. The lowest BCUT2D eigenvalue weighted by Crippen LogP contribution is -2.26. The average Bonchev–Trinajstić information content (AvgIpc) is 2.96. The largest absolute Gasteiger partial charge is 0.474 e. The standard InChI is InChI=1S/C27H31F5N6O3/c1-13-3-6-34-7-8-35-24-18-23(37-26(38-24)40-12-15-4-9-39-10-5-15)21(29)22(36-25(18)41-13)16-11-17(33)20(28)14(2)19(16)27(30,31)32/h11,13,15,34H,3-10,12,33H2,1-2H3,(H,35,37,38)/t13-/m0/s1. The van der Waals surface area contributed by atoms with Crippen molar-refractivity contribution in [1.82, 2.24) is 20.3 Å². The van der Waals surface area contributed by atoms with Gasteiger partial charge in [0.05, 0.1) is 24.0 Å². The van der Waals surface area contributed by atoms with Crippen LogP contribution in [-0.2, 0) is 10.9 Å². The second kappa shape index (κ2) is 11.8. The number of anilines is 2. The van der Waals surface area contributed by atoms with Crippen LogP contribution < -0.4 is 25.8 Å². The predicted molar refractivity (Wildman–Crippen MR) is 142 cm³/mol. The van der Waals surface area contributed by atoms with Gasteiger partial charge in [0.2, 0.25) is 5.88 Å². The van der Waals surface area contributed by atoms with Gasteiger partial charge in [0.1, 0.15) is 28.2 Å². The van der Waals surface area contributed by atoms with Crippen LogP contribution in [0.3, 0.4) is 0 Å². The lowest BCUT2D eigenvalue weighted by Gasteiger charge is -2.22. The molecule has 14 heteroatoms. The molecule has 2 aliphatic heterocycles. The highest BCUT2D eigenvalue weighted by Gasteiger charge is 2.39. The predicted octanol–water partition coefficient (Wildman–Crippen LogP) is 4.86. The molecule has 0 amide bonds. The summed E-state index contributed by atoms with van der Waals surface area (Å²) in [5, 5.41) is 6.42. The van der Waals surface area contributed by atoms with Crippen molar-refractivity contribution in [1.29, 1.82) is 0 Å². The van der Waals surface area contributed by atoms with Crippen molar-refractivity contribution >= 4 is 22.4 Å². The van der Waals surface area contributed by atoms with E-state index >= 15 is 4.39 Å². The molecule has 1 saturated heterocycles. The Kier molecular flexibility index (Phi) is 8.32. The molecule has 0 unspecified atom stereocenters. The Morgan fingerprint density at radius 1 is 1.05 bits per heavy atom. The van der Waals surface area contributed by atoms with Gasteiger partial charge in [-0.05, 0) is 57.2 Å². The monoisotopic (exact) mass is 582 g/mol. The molecule has 4 N–H and O–H groups in total. The number of benzene rings is 1. The average molecular weight is 583 g/mol. The number of nitrogens with one attached hydrogen (secondary N) is 2. The van der Waals surface area contributed by atoms with Gasteiger partial charge in [-0.25, -0.2) is 13.8 Å². The van der Waals surface area contributed by atoms with Gasteiger partial charge in [-0.15, -0.1) is 0 Å². The van der Waals surface area contributed by atoms with Crippen LogP contribution in [0.5, 0.6) is 11.9 Å². The van der Waals surface area contributed by atoms with Gasteiger partial charge >= 0.3 is 12.2 Å². The third-order valence-corrected chi connectivity index (χ3v) is 7.22. The van der Waals surface area contributed by atoms with Crippen LogP contribution >= 0.6 is 0 Å². The van der Waals surface area contributed by atoms with E-state index < -0.39 is 52.0 Å². The molecular formula is C27H31F5N6O3. The second-order valence-electron chi connectivity index (χ2n) is 10.2. The van der Waals surface area contributed by atoms with Crippen LogP contribution in [0.2, 0.25) is 0 Å². The number of hydrogen-bond donors (Lipinski definition) is 3. The number of aromatic nitrogens is 3. The Morgan fingerprint density at radius 2 is 1.80 bits per heavy atom. The number of pyridine rings is 1. The number of alkyl halides is 3. The first kappa shape index (κ1) is 29.0. The number of hydrogen-bond acceptors (Lipinski definition) is 9. The zero-order valence-electron chi connectivity index (χ0n) is 22.6. The smallest absolute Gasteiger partial charge is 0.417 e. The van der Waals surface area contributed by atoms with Gasteiger partial charge in [0, 0.05) is 31.9 Å². The molecule has 2 aromatic heterocycles.